The Balaban J connectivity index is 1.84. The Morgan fingerprint density at radius 2 is 0.738 bits per heavy atom. The van der Waals surface area contributed by atoms with Gasteiger partial charge in [-0.2, -0.15) is 0 Å². The lowest BCUT2D eigenvalue weighted by Crippen LogP contribution is -2.33. The second-order valence-corrected chi connectivity index (χ2v) is 18.8. The molecular formula is C39H57N2P. The minimum Gasteiger partial charge on any atom is -0.301 e. The van der Waals surface area contributed by atoms with E-state index < -0.39 is 6.89 Å². The maximum absolute atomic E-state index is 2.80. The Morgan fingerprint density at radius 1 is 0.452 bits per heavy atom. The molecule has 0 aliphatic heterocycles. The van der Waals surface area contributed by atoms with E-state index in [9.17, 15) is 0 Å². The lowest BCUT2D eigenvalue weighted by Gasteiger charge is -2.50. The van der Waals surface area contributed by atoms with Gasteiger partial charge in [-0.3, -0.25) is 0 Å². The molecule has 3 heteroatoms. The molecule has 3 saturated carbocycles. The largest absolute Gasteiger partial charge is 0.301 e. The quantitative estimate of drug-likeness (QED) is 0.264. The number of aryl methyl sites for hydroxylation is 6. The number of hydrogen-bond acceptors (Lipinski definition) is 0. The molecule has 0 atom stereocenters. The van der Waals surface area contributed by atoms with Crippen molar-refractivity contribution in [3.8, 4) is 11.4 Å². The molecule has 3 aliphatic rings. The van der Waals surface area contributed by atoms with E-state index in [4.69, 9.17) is 0 Å². The fraction of sp³-hybridized carbons (Fsp3) is 0.615. The van der Waals surface area contributed by atoms with E-state index in [0.29, 0.717) is 0 Å². The lowest BCUT2D eigenvalue weighted by molar-refractivity contribution is 0.455. The van der Waals surface area contributed by atoms with E-state index in [1.54, 1.807) is 5.20 Å². The highest BCUT2D eigenvalue weighted by Crippen LogP contribution is 2.71. The van der Waals surface area contributed by atoms with Crippen LogP contribution in [0.1, 0.15) is 130 Å². The van der Waals surface area contributed by atoms with Gasteiger partial charge in [0.25, 0.3) is 0 Å². The molecule has 3 aliphatic carbocycles. The maximum atomic E-state index is 2.80. The molecule has 228 valence electrons. The zero-order chi connectivity index (χ0) is 29.4. The van der Waals surface area contributed by atoms with Crippen molar-refractivity contribution in [1.29, 1.82) is 0 Å². The molecule has 0 unspecified atom stereocenters. The minimum absolute atomic E-state index is 0.884. The van der Waals surface area contributed by atoms with E-state index in [1.165, 1.54) is 141 Å². The molecular weight excluding hydrogens is 527 g/mol. The van der Waals surface area contributed by atoms with Crippen LogP contribution < -0.4 is 0 Å². The first-order valence-electron chi connectivity index (χ1n) is 17.5. The third-order valence-corrected chi connectivity index (χ3v) is 17.7. The molecule has 0 N–H and O–H groups in total. The van der Waals surface area contributed by atoms with Crippen molar-refractivity contribution in [3.05, 3.63) is 75.2 Å². The predicted molar refractivity (Wildman–Crippen MR) is 184 cm³/mol. The summed E-state index contributed by atoms with van der Waals surface area (Å²) in [5.41, 5.74) is 14.1. The summed E-state index contributed by atoms with van der Waals surface area (Å²) in [5.74, 6) is 0. The first-order valence-corrected chi connectivity index (χ1v) is 19.5. The SMILES string of the molecule is Cc1cc(C)c(-n2ccn(-c3c(C)cc(C)cc3C)c2=P(C2CCCCC2)(C2CCCCC2)C2CCCCC2)c(C)c1. The van der Waals surface area contributed by atoms with Crippen LogP contribution in [0.4, 0.5) is 0 Å². The van der Waals surface area contributed by atoms with E-state index in [2.05, 4.69) is 87.3 Å². The molecule has 0 bridgehead atoms. The molecule has 3 aromatic rings. The van der Waals surface area contributed by atoms with Crippen LogP contribution in [0.15, 0.2) is 36.7 Å². The highest BCUT2D eigenvalue weighted by molar-refractivity contribution is 7.70. The Morgan fingerprint density at radius 3 is 1.02 bits per heavy atom. The van der Waals surface area contributed by atoms with Gasteiger partial charge in [-0.25, -0.2) is 0 Å². The minimum atomic E-state index is -1.61. The Kier molecular flexibility index (Phi) is 9.03. The van der Waals surface area contributed by atoms with Gasteiger partial charge < -0.3 is 9.13 Å². The van der Waals surface area contributed by atoms with Crippen LogP contribution in [0.25, 0.3) is 11.4 Å². The normalized spacial score (nSPS) is 19.9. The molecule has 3 fully saturated rings. The predicted octanol–water partition coefficient (Wildman–Crippen LogP) is 11.7. The van der Waals surface area contributed by atoms with Crippen LogP contribution in [0, 0.1) is 46.7 Å². The van der Waals surface area contributed by atoms with Gasteiger partial charge in [0.05, 0.1) is 11.4 Å². The zero-order valence-corrected chi connectivity index (χ0v) is 28.5. The monoisotopic (exact) mass is 584 g/mol. The summed E-state index contributed by atoms with van der Waals surface area (Å²) in [4.78, 5) is 0. The first kappa shape index (κ1) is 30.1. The molecule has 0 saturated heterocycles. The zero-order valence-electron chi connectivity index (χ0n) is 27.6. The standard InChI is InChI=1S/C39H57N2P/c1-28-24-30(3)37(31(4)25-28)40-22-23-41(38-32(5)26-29(2)27-33(38)6)39(40)42(34-16-10-7-11-17-34,35-18-12-8-13-19-35)36-20-14-9-15-21-36/h22-27,34-36H,7-21H2,1-6H3. The van der Waals surface area contributed by atoms with Gasteiger partial charge in [0.1, 0.15) is 5.20 Å². The average molecular weight is 585 g/mol. The van der Waals surface area contributed by atoms with Gasteiger partial charge >= 0.3 is 0 Å². The van der Waals surface area contributed by atoms with Gasteiger partial charge in [-0.15, -0.1) is 0 Å². The van der Waals surface area contributed by atoms with Crippen LogP contribution in [-0.4, -0.2) is 26.1 Å². The average Bonchev–Trinajstić information content (AvgIpc) is 3.38. The van der Waals surface area contributed by atoms with Crippen LogP contribution in [0.2, 0.25) is 0 Å². The molecule has 0 radical (unpaired) electrons. The summed E-state index contributed by atoms with van der Waals surface area (Å²) in [6, 6.07) is 9.73. The summed E-state index contributed by atoms with van der Waals surface area (Å²) < 4.78 is 5.60. The van der Waals surface area contributed by atoms with Gasteiger partial charge in [-0.1, -0.05) is 100 Å². The summed E-state index contributed by atoms with van der Waals surface area (Å²) in [7, 11) is 0. The van der Waals surface area contributed by atoms with Gasteiger partial charge in [-0.05, 0) is 119 Å². The molecule has 0 spiro atoms. The van der Waals surface area contributed by atoms with Crippen molar-refractivity contribution in [2.75, 3.05) is 0 Å². The maximum Gasteiger partial charge on any atom is 0.117 e. The Labute approximate surface area is 256 Å². The van der Waals surface area contributed by atoms with Crippen molar-refractivity contribution >= 4 is 6.89 Å². The third-order valence-electron chi connectivity index (χ3n) is 11.4. The van der Waals surface area contributed by atoms with Crippen LogP contribution in [-0.2, 0) is 0 Å². The van der Waals surface area contributed by atoms with E-state index in [-0.39, 0.29) is 0 Å². The van der Waals surface area contributed by atoms with Crippen molar-refractivity contribution in [1.82, 2.24) is 9.13 Å². The Hall–Kier alpha value is -1.92. The second kappa shape index (κ2) is 12.6. The fourth-order valence-corrected chi connectivity index (χ4v) is 17.6. The number of imidazole rings is 1. The molecule has 2 aromatic carbocycles. The van der Waals surface area contributed by atoms with Gasteiger partial charge in [0.15, 0.2) is 0 Å². The third kappa shape index (κ3) is 5.33. The van der Waals surface area contributed by atoms with Crippen molar-refractivity contribution in [2.24, 2.45) is 0 Å². The number of aromatic nitrogens is 2. The van der Waals surface area contributed by atoms with Gasteiger partial charge in [0.2, 0.25) is 0 Å². The van der Waals surface area contributed by atoms with Crippen molar-refractivity contribution in [3.63, 3.8) is 0 Å². The topological polar surface area (TPSA) is 9.86 Å². The molecule has 6 rings (SSSR count). The highest BCUT2D eigenvalue weighted by atomic mass is 31.2. The van der Waals surface area contributed by atoms with Gasteiger partial charge in [0, 0.05) is 12.4 Å². The summed E-state index contributed by atoms with van der Waals surface area (Å²) in [6.45, 7) is 12.4. The summed E-state index contributed by atoms with van der Waals surface area (Å²) in [5, 5.41) is 1.75. The molecule has 1 aromatic heterocycles. The molecule has 42 heavy (non-hydrogen) atoms. The summed E-state index contributed by atoms with van der Waals surface area (Å²) in [6.07, 6.45) is 26.8. The highest BCUT2D eigenvalue weighted by Gasteiger charge is 2.45. The summed E-state index contributed by atoms with van der Waals surface area (Å²) >= 11 is 0. The molecule has 0 amide bonds. The number of benzene rings is 2. The molecule has 1 heterocycles. The van der Waals surface area contributed by atoms with Crippen LogP contribution in [0.5, 0.6) is 0 Å². The van der Waals surface area contributed by atoms with Crippen molar-refractivity contribution in [2.45, 2.75) is 155 Å². The number of nitrogens with zero attached hydrogens (tertiary/aromatic N) is 2. The first-order chi connectivity index (χ1) is 20.3. The second-order valence-electron chi connectivity index (χ2n) is 14.5. The lowest BCUT2D eigenvalue weighted by atomic mass is 9.99. The van der Waals surface area contributed by atoms with Crippen molar-refractivity contribution < 1.29 is 0 Å². The smallest absolute Gasteiger partial charge is 0.117 e. The number of hydrogen-bond donors (Lipinski definition) is 0. The van der Waals surface area contributed by atoms with Crippen LogP contribution >= 0.6 is 6.89 Å². The number of rotatable bonds is 5. The van der Waals surface area contributed by atoms with E-state index in [0.717, 1.165) is 17.0 Å². The molecule has 2 nitrogen and oxygen atoms in total. The Bertz CT molecular complexity index is 1320. The van der Waals surface area contributed by atoms with Crippen LogP contribution in [0.3, 0.4) is 0 Å². The van der Waals surface area contributed by atoms with E-state index >= 15 is 0 Å². The van der Waals surface area contributed by atoms with E-state index in [1.807, 2.05) is 0 Å². The fourth-order valence-electron chi connectivity index (χ4n) is 10.1.